The minimum Gasteiger partial charge on any atom is -0.352 e. The highest BCUT2D eigenvalue weighted by molar-refractivity contribution is 6.06. The summed E-state index contributed by atoms with van der Waals surface area (Å²) in [6, 6.07) is 8.91. The van der Waals surface area contributed by atoms with Crippen molar-refractivity contribution in [2.75, 3.05) is 5.32 Å². The molecule has 0 aliphatic carbocycles. The number of carbonyl (C=O) groups excluding carboxylic acids is 2. The molecule has 1 unspecified atom stereocenters. The van der Waals surface area contributed by atoms with Crippen molar-refractivity contribution in [2.45, 2.75) is 73.9 Å². The Bertz CT molecular complexity index is 1480. The molecule has 0 saturated heterocycles. The Morgan fingerprint density at radius 2 is 1.71 bits per heavy atom. The van der Waals surface area contributed by atoms with Crippen LogP contribution < -0.4 is 16.0 Å². The first-order chi connectivity index (χ1) is 19.4. The van der Waals surface area contributed by atoms with Crippen LogP contribution >= 0.6 is 0 Å². The van der Waals surface area contributed by atoms with Crippen molar-refractivity contribution in [3.05, 3.63) is 82.2 Å². The van der Waals surface area contributed by atoms with E-state index in [0.29, 0.717) is 17.7 Å². The summed E-state index contributed by atoms with van der Waals surface area (Å²) in [6.07, 6.45) is 1.18. The van der Waals surface area contributed by atoms with E-state index >= 15 is 0 Å². The summed E-state index contributed by atoms with van der Waals surface area (Å²) >= 11 is 0. The fraction of sp³-hybridized carbons (Fsp3) is 0.406. The number of rotatable bonds is 7. The number of benzene rings is 2. The lowest BCUT2D eigenvalue weighted by atomic mass is 9.75. The van der Waals surface area contributed by atoms with Crippen molar-refractivity contribution in [1.29, 1.82) is 0 Å². The normalized spacial score (nSPS) is 16.8. The summed E-state index contributed by atoms with van der Waals surface area (Å²) in [7, 11) is 0. The van der Waals surface area contributed by atoms with E-state index in [-0.39, 0.29) is 29.7 Å². The number of carbonyl (C=O) groups is 2. The van der Waals surface area contributed by atoms with Crippen LogP contribution in [0, 0.1) is 17.8 Å². The smallest absolute Gasteiger partial charge is 0.352 e. The molecule has 7 nitrogen and oxygen atoms in total. The van der Waals surface area contributed by atoms with Crippen LogP contribution in [-0.2, 0) is 17.5 Å². The van der Waals surface area contributed by atoms with E-state index in [0.717, 1.165) is 29.0 Å². The molecule has 2 amide bonds. The van der Waals surface area contributed by atoms with Gasteiger partial charge in [-0.05, 0) is 60.6 Å². The number of allylic oxidation sites excluding steroid dienone is 1. The fourth-order valence-electron chi connectivity index (χ4n) is 5.38. The first-order valence-electron chi connectivity index (χ1n) is 13.8. The number of alkyl halides is 3. The van der Waals surface area contributed by atoms with E-state index < -0.39 is 28.6 Å². The van der Waals surface area contributed by atoms with E-state index in [1.165, 1.54) is 6.07 Å². The molecular weight excluding hydrogens is 543 g/mol. The maximum Gasteiger partial charge on any atom is 0.417 e. The lowest BCUT2D eigenvalue weighted by Gasteiger charge is -2.31. The number of nitrogens with one attached hydrogen (secondary N) is 3. The Balaban J connectivity index is 1.52. The van der Waals surface area contributed by atoms with Gasteiger partial charge in [-0.1, -0.05) is 52.8 Å². The van der Waals surface area contributed by atoms with Gasteiger partial charge in [0.15, 0.2) is 6.29 Å². The summed E-state index contributed by atoms with van der Waals surface area (Å²) < 4.78 is 42.4. The second-order valence-corrected chi connectivity index (χ2v) is 12.8. The number of aryl methyl sites for hydroxylation is 1. The standard InChI is InChI=1S/C32H38F3N5O2/c1-19-14-37-29-39-26(17-40(29)16-19)22-10-8-20(2)25(13-22)38-27(41)23-11-9-21(12-24(23)32(33,34)35)15-36-28(42)31(6,7)18-30(3,4)5/h8-14,16-17,29,39H,15,18H2,1-7H3,(H,36,42)(H,38,41). The minimum absolute atomic E-state index is 0.0859. The highest BCUT2D eigenvalue weighted by atomic mass is 19.4. The average molecular weight is 582 g/mol. The molecule has 2 aliphatic rings. The first-order valence-corrected chi connectivity index (χ1v) is 13.8. The zero-order chi connectivity index (χ0) is 31.0. The molecular formula is C32H38F3N5O2. The molecule has 0 aromatic heterocycles. The summed E-state index contributed by atoms with van der Waals surface area (Å²) in [5, 5.41) is 8.71. The Kier molecular flexibility index (Phi) is 8.31. The average Bonchev–Trinajstić information content (AvgIpc) is 3.29. The number of hydrogen-bond donors (Lipinski definition) is 3. The zero-order valence-corrected chi connectivity index (χ0v) is 25.0. The Labute approximate surface area is 245 Å². The molecule has 0 saturated carbocycles. The number of fused-ring (bicyclic) bond motifs is 1. The monoisotopic (exact) mass is 581 g/mol. The van der Waals surface area contributed by atoms with E-state index in [1.807, 2.05) is 64.9 Å². The van der Waals surface area contributed by atoms with Gasteiger partial charge in [0.05, 0.1) is 16.8 Å². The molecule has 2 aromatic rings. The van der Waals surface area contributed by atoms with Gasteiger partial charge in [0.25, 0.3) is 5.91 Å². The van der Waals surface area contributed by atoms with Gasteiger partial charge in [-0.15, -0.1) is 0 Å². The molecule has 224 valence electrons. The van der Waals surface area contributed by atoms with Gasteiger partial charge >= 0.3 is 6.18 Å². The van der Waals surface area contributed by atoms with Crippen LogP contribution in [0.15, 0.2) is 59.4 Å². The minimum atomic E-state index is -4.77. The predicted molar refractivity (Wildman–Crippen MR) is 159 cm³/mol. The molecule has 0 fully saturated rings. The summed E-state index contributed by atoms with van der Waals surface area (Å²) in [4.78, 5) is 32.4. The van der Waals surface area contributed by atoms with E-state index in [9.17, 15) is 22.8 Å². The SMILES string of the molecule is CC1=CN2C=C(c3ccc(C)c(NC(=O)c4ccc(CNC(=O)C(C)(C)CC(C)(C)C)cc4C(F)(F)F)c3)NC2N=C1. The van der Waals surface area contributed by atoms with Crippen LogP contribution in [-0.4, -0.2) is 29.2 Å². The third-order valence-corrected chi connectivity index (χ3v) is 7.09. The lowest BCUT2D eigenvalue weighted by molar-refractivity contribution is -0.138. The summed E-state index contributed by atoms with van der Waals surface area (Å²) in [5.41, 5.74) is 1.51. The first kappa shape index (κ1) is 30.9. The van der Waals surface area contributed by atoms with Crippen molar-refractivity contribution < 1.29 is 22.8 Å². The molecule has 10 heteroatoms. The van der Waals surface area contributed by atoms with Crippen LogP contribution in [0.25, 0.3) is 5.70 Å². The molecule has 0 bridgehead atoms. The third-order valence-electron chi connectivity index (χ3n) is 7.09. The number of halogens is 3. The molecule has 3 N–H and O–H groups in total. The zero-order valence-electron chi connectivity index (χ0n) is 25.0. The maximum atomic E-state index is 14.1. The second-order valence-electron chi connectivity index (χ2n) is 12.8. The largest absolute Gasteiger partial charge is 0.417 e. The van der Waals surface area contributed by atoms with E-state index in [2.05, 4.69) is 20.9 Å². The van der Waals surface area contributed by atoms with Gasteiger partial charge < -0.3 is 20.9 Å². The van der Waals surface area contributed by atoms with E-state index in [1.54, 1.807) is 25.3 Å². The molecule has 1 atom stereocenters. The van der Waals surface area contributed by atoms with Crippen LogP contribution in [0.1, 0.15) is 80.6 Å². The second kappa shape index (κ2) is 11.3. The Morgan fingerprint density at radius 3 is 2.38 bits per heavy atom. The molecule has 0 radical (unpaired) electrons. The molecule has 42 heavy (non-hydrogen) atoms. The van der Waals surface area contributed by atoms with Crippen LogP contribution in [0.4, 0.5) is 18.9 Å². The molecule has 2 aromatic carbocycles. The van der Waals surface area contributed by atoms with Crippen molar-refractivity contribution in [3.8, 4) is 0 Å². The van der Waals surface area contributed by atoms with Gasteiger partial charge in [0, 0.05) is 41.8 Å². The third kappa shape index (κ3) is 7.21. The predicted octanol–water partition coefficient (Wildman–Crippen LogP) is 6.82. The van der Waals surface area contributed by atoms with Crippen molar-refractivity contribution in [3.63, 3.8) is 0 Å². The number of aliphatic imine (C=N–C) groups is 1. The maximum absolute atomic E-state index is 14.1. The van der Waals surface area contributed by atoms with Gasteiger partial charge in [-0.2, -0.15) is 13.2 Å². The molecule has 2 heterocycles. The van der Waals surface area contributed by atoms with Crippen LogP contribution in [0.3, 0.4) is 0 Å². The fourth-order valence-corrected chi connectivity index (χ4v) is 5.38. The summed E-state index contributed by atoms with van der Waals surface area (Å²) in [6.45, 7) is 13.3. The Morgan fingerprint density at radius 1 is 1.00 bits per heavy atom. The van der Waals surface area contributed by atoms with Crippen molar-refractivity contribution in [2.24, 2.45) is 15.8 Å². The van der Waals surface area contributed by atoms with Gasteiger partial charge in [0.2, 0.25) is 5.91 Å². The molecule has 0 spiro atoms. The van der Waals surface area contributed by atoms with Crippen molar-refractivity contribution >= 4 is 29.4 Å². The summed E-state index contributed by atoms with van der Waals surface area (Å²) in [5.74, 6) is -1.12. The van der Waals surface area contributed by atoms with Crippen LogP contribution in [0.5, 0.6) is 0 Å². The van der Waals surface area contributed by atoms with Crippen LogP contribution in [0.2, 0.25) is 0 Å². The van der Waals surface area contributed by atoms with Crippen molar-refractivity contribution in [1.82, 2.24) is 15.5 Å². The highest BCUT2D eigenvalue weighted by Gasteiger charge is 2.36. The van der Waals surface area contributed by atoms with Gasteiger partial charge in [0.1, 0.15) is 0 Å². The topological polar surface area (TPSA) is 85.8 Å². The molecule has 4 rings (SSSR count). The van der Waals surface area contributed by atoms with Gasteiger partial charge in [-0.3, -0.25) is 9.59 Å². The number of nitrogens with zero attached hydrogens (tertiary/aromatic N) is 2. The number of hydrogen-bond acceptors (Lipinski definition) is 5. The number of anilines is 1. The van der Waals surface area contributed by atoms with Gasteiger partial charge in [-0.25, -0.2) is 4.99 Å². The Hall–Kier alpha value is -4.08. The van der Waals surface area contributed by atoms with E-state index in [4.69, 9.17) is 0 Å². The lowest BCUT2D eigenvalue weighted by Crippen LogP contribution is -2.39. The quantitative estimate of drug-likeness (QED) is 0.335. The number of amides is 2. The highest BCUT2D eigenvalue weighted by Crippen LogP contribution is 2.35. The molecule has 2 aliphatic heterocycles.